The van der Waals surface area contributed by atoms with Crippen molar-refractivity contribution >= 4 is 13.7 Å². The normalized spacial score (nSPS) is 15.1. The molecule has 58 heavy (non-hydrogen) atoms. The summed E-state index contributed by atoms with van der Waals surface area (Å²) in [6.45, 7) is 4.70. The smallest absolute Gasteiger partial charge is 0.391 e. The number of quaternary nitrogens is 1. The van der Waals surface area contributed by atoms with Crippen molar-refractivity contribution in [1.82, 2.24) is 5.32 Å². The summed E-state index contributed by atoms with van der Waals surface area (Å²) in [6.07, 6.45) is 54.8. The molecule has 0 rings (SSSR count). The molecule has 0 spiro atoms. The molecule has 334 valence electrons. The number of hydrogen-bond acceptors (Lipinski definition) is 5. The zero-order valence-electron chi connectivity index (χ0n) is 37.8. The maximum atomic E-state index is 12.9. The number of aliphatic hydroxyl groups is 1. The van der Waals surface area contributed by atoms with Gasteiger partial charge in [0.1, 0.15) is 13.2 Å². The van der Waals surface area contributed by atoms with Crippen molar-refractivity contribution < 1.29 is 32.9 Å². The van der Waals surface area contributed by atoms with Crippen LogP contribution in [0.15, 0.2) is 85.1 Å². The Morgan fingerprint density at radius 1 is 0.603 bits per heavy atom. The molecule has 0 aliphatic heterocycles. The summed E-state index contributed by atoms with van der Waals surface area (Å²) < 4.78 is 23.5. The molecule has 0 aliphatic rings. The molecule has 0 aromatic heterocycles. The van der Waals surface area contributed by atoms with Crippen LogP contribution in [0.5, 0.6) is 0 Å². The van der Waals surface area contributed by atoms with Crippen LogP contribution in [-0.4, -0.2) is 73.4 Å². The molecule has 3 atom stereocenters. The number of carbonyl (C=O) groups excluding carboxylic acids is 1. The Balaban J connectivity index is 4.27. The van der Waals surface area contributed by atoms with Crippen LogP contribution in [0.25, 0.3) is 0 Å². The number of nitrogens with zero attached hydrogens (tertiary/aromatic N) is 1. The van der Waals surface area contributed by atoms with Gasteiger partial charge in [0.2, 0.25) is 5.91 Å². The predicted octanol–water partition coefficient (Wildman–Crippen LogP) is 13.0. The van der Waals surface area contributed by atoms with Gasteiger partial charge < -0.3 is 19.8 Å². The van der Waals surface area contributed by atoms with Gasteiger partial charge in [-0.3, -0.25) is 13.8 Å². The summed E-state index contributed by atoms with van der Waals surface area (Å²) in [5.74, 6) is -0.171. The van der Waals surface area contributed by atoms with Gasteiger partial charge in [0.05, 0.1) is 39.9 Å². The molecule has 3 N–H and O–H groups in total. The van der Waals surface area contributed by atoms with Crippen LogP contribution in [0.1, 0.15) is 168 Å². The van der Waals surface area contributed by atoms with Crippen LogP contribution < -0.4 is 5.32 Å². The third kappa shape index (κ3) is 41.8. The van der Waals surface area contributed by atoms with E-state index in [1.54, 1.807) is 0 Å². The van der Waals surface area contributed by atoms with E-state index in [1.807, 2.05) is 21.1 Å². The van der Waals surface area contributed by atoms with Gasteiger partial charge >= 0.3 is 7.82 Å². The molecule has 0 saturated heterocycles. The largest absolute Gasteiger partial charge is 0.472 e. The molecule has 9 heteroatoms. The highest BCUT2D eigenvalue weighted by Crippen LogP contribution is 2.43. The van der Waals surface area contributed by atoms with Gasteiger partial charge in [-0.05, 0) is 70.6 Å². The standard InChI is InChI=1S/C49H87N2O6P/c1-6-8-10-12-14-16-17-18-19-20-21-22-23-24-25-26-27-28-29-30-31-32-33-35-37-39-41-43-49(53)50-47(46-57-58(54,55)56-45-44-51(3,4)5)48(52)42-40-38-36-34-15-13-11-9-7-2/h8,10,14,16,18-19,21-22,24-25,27-28,30-31,47-48,52H,6-7,9,11-13,15,17,20,23,26,29,32-46H2,1-5H3,(H-,50,53,54,55)/p+1/b10-8-,16-14-,19-18-,22-21-,25-24-,28-27-,31-30-. The lowest BCUT2D eigenvalue weighted by atomic mass is 10.0. The summed E-state index contributed by atoms with van der Waals surface area (Å²) >= 11 is 0. The zero-order valence-corrected chi connectivity index (χ0v) is 38.6. The summed E-state index contributed by atoms with van der Waals surface area (Å²) in [5.41, 5.74) is 0. The second kappa shape index (κ2) is 40.1. The molecular formula is C49H88N2O6P+. The SMILES string of the molecule is CC/C=C\C/C=C\C/C=C\C/C=C\C/C=C\C/C=C\C/C=C\CCCCCCCC(=O)NC(COP(=O)(O)OCC[N+](C)(C)C)C(O)CCCCCCCCCCC. The third-order valence-electron chi connectivity index (χ3n) is 9.66. The molecule has 0 saturated carbocycles. The number of phosphoric ester groups is 1. The Bertz CT molecular complexity index is 1220. The summed E-state index contributed by atoms with van der Waals surface area (Å²) in [4.78, 5) is 23.1. The van der Waals surface area contributed by atoms with E-state index >= 15 is 0 Å². The first-order chi connectivity index (χ1) is 28.0. The zero-order chi connectivity index (χ0) is 42.8. The third-order valence-corrected chi connectivity index (χ3v) is 10.6. The number of phosphoric acid groups is 1. The Hall–Kier alpha value is -2.32. The molecule has 0 fully saturated rings. The molecule has 0 aromatic rings. The molecule has 0 radical (unpaired) electrons. The molecule has 0 aliphatic carbocycles. The predicted molar refractivity (Wildman–Crippen MR) is 249 cm³/mol. The van der Waals surface area contributed by atoms with E-state index in [1.165, 1.54) is 38.5 Å². The second-order valence-electron chi connectivity index (χ2n) is 16.4. The van der Waals surface area contributed by atoms with Crippen molar-refractivity contribution in [2.75, 3.05) is 40.9 Å². The second-order valence-corrected chi connectivity index (χ2v) is 17.9. The topological polar surface area (TPSA) is 105 Å². The van der Waals surface area contributed by atoms with Crippen molar-refractivity contribution in [3.05, 3.63) is 85.1 Å². The van der Waals surface area contributed by atoms with E-state index in [0.717, 1.165) is 103 Å². The van der Waals surface area contributed by atoms with Crippen LogP contribution in [-0.2, 0) is 18.4 Å². The minimum absolute atomic E-state index is 0.0654. The van der Waals surface area contributed by atoms with Crippen LogP contribution in [0.4, 0.5) is 0 Å². The van der Waals surface area contributed by atoms with Crippen molar-refractivity contribution in [3.63, 3.8) is 0 Å². The quantitative estimate of drug-likeness (QED) is 0.0246. The minimum atomic E-state index is -4.32. The van der Waals surface area contributed by atoms with Crippen molar-refractivity contribution in [1.29, 1.82) is 0 Å². The number of nitrogens with one attached hydrogen (secondary N) is 1. The number of hydrogen-bond donors (Lipinski definition) is 3. The van der Waals surface area contributed by atoms with E-state index in [2.05, 4.69) is 104 Å². The lowest BCUT2D eigenvalue weighted by Gasteiger charge is -2.26. The summed E-state index contributed by atoms with van der Waals surface area (Å²) in [6, 6.07) is -0.774. The fourth-order valence-electron chi connectivity index (χ4n) is 6.02. The lowest BCUT2D eigenvalue weighted by molar-refractivity contribution is -0.870. The van der Waals surface area contributed by atoms with Gasteiger partial charge in [-0.2, -0.15) is 0 Å². The van der Waals surface area contributed by atoms with E-state index in [-0.39, 0.29) is 19.1 Å². The minimum Gasteiger partial charge on any atom is -0.391 e. The average Bonchev–Trinajstić information content (AvgIpc) is 3.17. The number of likely N-dealkylation sites (N-methyl/N-ethyl adjacent to an activating group) is 1. The molecule has 3 unspecified atom stereocenters. The van der Waals surface area contributed by atoms with Crippen molar-refractivity contribution in [2.24, 2.45) is 0 Å². The Labute approximate surface area is 356 Å². The Morgan fingerprint density at radius 2 is 1.03 bits per heavy atom. The van der Waals surface area contributed by atoms with Crippen LogP contribution in [0.2, 0.25) is 0 Å². The Morgan fingerprint density at radius 3 is 1.52 bits per heavy atom. The number of carbonyl (C=O) groups is 1. The van der Waals surface area contributed by atoms with E-state index in [9.17, 15) is 19.4 Å². The Kier molecular flexibility index (Phi) is 38.5. The summed E-state index contributed by atoms with van der Waals surface area (Å²) in [5, 5.41) is 13.9. The van der Waals surface area contributed by atoms with Gasteiger partial charge in [0, 0.05) is 6.42 Å². The highest BCUT2D eigenvalue weighted by atomic mass is 31.2. The maximum absolute atomic E-state index is 12.9. The van der Waals surface area contributed by atoms with E-state index in [0.29, 0.717) is 23.9 Å². The van der Waals surface area contributed by atoms with Crippen molar-refractivity contribution in [3.8, 4) is 0 Å². The molecular weight excluding hydrogens is 744 g/mol. The highest BCUT2D eigenvalue weighted by Gasteiger charge is 2.28. The molecule has 0 bridgehead atoms. The molecule has 8 nitrogen and oxygen atoms in total. The van der Waals surface area contributed by atoms with Gasteiger partial charge in [-0.1, -0.05) is 176 Å². The van der Waals surface area contributed by atoms with Gasteiger partial charge in [-0.25, -0.2) is 4.57 Å². The average molecular weight is 832 g/mol. The number of unbranched alkanes of at least 4 members (excludes halogenated alkanes) is 13. The monoisotopic (exact) mass is 832 g/mol. The lowest BCUT2D eigenvalue weighted by Crippen LogP contribution is -2.46. The van der Waals surface area contributed by atoms with E-state index < -0.39 is 20.0 Å². The highest BCUT2D eigenvalue weighted by molar-refractivity contribution is 7.47. The van der Waals surface area contributed by atoms with E-state index in [4.69, 9.17) is 9.05 Å². The van der Waals surface area contributed by atoms with Crippen LogP contribution in [0.3, 0.4) is 0 Å². The first-order valence-electron chi connectivity index (χ1n) is 23.0. The molecule has 0 aromatic carbocycles. The number of amides is 1. The van der Waals surface area contributed by atoms with Crippen LogP contribution in [0, 0.1) is 0 Å². The van der Waals surface area contributed by atoms with Gasteiger partial charge in [0.25, 0.3) is 0 Å². The number of aliphatic hydroxyl groups excluding tert-OH is 1. The van der Waals surface area contributed by atoms with Gasteiger partial charge in [-0.15, -0.1) is 0 Å². The molecule has 1 amide bonds. The van der Waals surface area contributed by atoms with Crippen molar-refractivity contribution in [2.45, 2.75) is 180 Å². The van der Waals surface area contributed by atoms with Crippen LogP contribution >= 0.6 is 7.82 Å². The summed E-state index contributed by atoms with van der Waals surface area (Å²) in [7, 11) is 1.58. The maximum Gasteiger partial charge on any atom is 0.472 e. The number of allylic oxidation sites excluding steroid dienone is 14. The first kappa shape index (κ1) is 55.7. The fourth-order valence-corrected chi connectivity index (χ4v) is 6.76. The van der Waals surface area contributed by atoms with Gasteiger partial charge in [0.15, 0.2) is 0 Å². The first-order valence-corrected chi connectivity index (χ1v) is 24.4. The molecule has 0 heterocycles. The number of rotatable bonds is 40. The fraction of sp³-hybridized carbons (Fsp3) is 0.694.